The van der Waals surface area contributed by atoms with Gasteiger partial charge in [0.15, 0.2) is 5.13 Å². The lowest BCUT2D eigenvalue weighted by atomic mass is 10.1. The Bertz CT molecular complexity index is 1060. The monoisotopic (exact) mass is 405 g/mol. The summed E-state index contributed by atoms with van der Waals surface area (Å²) in [5.41, 5.74) is 2.27. The molecule has 2 heterocycles. The number of para-hydroxylation sites is 1. The van der Waals surface area contributed by atoms with E-state index in [0.717, 1.165) is 21.8 Å². The van der Waals surface area contributed by atoms with Crippen LogP contribution in [0, 0.1) is 5.82 Å². The largest absolute Gasteiger partial charge is 0.345 e. The van der Waals surface area contributed by atoms with Crippen molar-refractivity contribution in [2.75, 3.05) is 31.1 Å². The number of hydrogen-bond acceptors (Lipinski definition) is 5. The lowest BCUT2D eigenvalue weighted by Crippen LogP contribution is -2.48. The van der Waals surface area contributed by atoms with Crippen LogP contribution >= 0.6 is 11.3 Å². The van der Waals surface area contributed by atoms with Crippen LogP contribution < -0.4 is 4.90 Å². The Kier molecular flexibility index (Phi) is 4.88. The summed E-state index contributed by atoms with van der Waals surface area (Å²) >= 11 is 1.65. The molecule has 1 fully saturated rings. The number of fused-ring (bicyclic) bond motifs is 1. The topological polar surface area (TPSA) is 53.5 Å². The highest BCUT2D eigenvalue weighted by atomic mass is 32.2. The van der Waals surface area contributed by atoms with Gasteiger partial charge in [-0.1, -0.05) is 30.4 Å². The minimum atomic E-state index is -3.60. The number of halogens is 1. The maximum atomic E-state index is 13.1. The van der Waals surface area contributed by atoms with E-state index in [9.17, 15) is 12.8 Å². The highest BCUT2D eigenvalue weighted by molar-refractivity contribution is 7.89. The molecule has 0 aliphatic carbocycles. The number of nitrogens with zero attached hydrogens (tertiary/aromatic N) is 3. The molecule has 1 saturated heterocycles. The van der Waals surface area contributed by atoms with Crippen LogP contribution in [0.15, 0.2) is 47.4 Å². The molecule has 0 saturated carbocycles. The van der Waals surface area contributed by atoms with Gasteiger partial charge in [-0.15, -0.1) is 0 Å². The lowest BCUT2D eigenvalue weighted by molar-refractivity contribution is 0.385. The number of rotatable bonds is 4. The molecule has 1 aliphatic rings. The fraction of sp³-hybridized carbons (Fsp3) is 0.316. The second-order valence-corrected chi connectivity index (χ2v) is 9.41. The molecule has 0 radical (unpaired) electrons. The van der Waals surface area contributed by atoms with Crippen molar-refractivity contribution in [2.45, 2.75) is 18.2 Å². The number of piperazine rings is 1. The van der Waals surface area contributed by atoms with Crippen LogP contribution in [0.1, 0.15) is 12.5 Å². The molecule has 4 rings (SSSR count). The summed E-state index contributed by atoms with van der Waals surface area (Å²) in [5, 5.41) is 0.935. The van der Waals surface area contributed by atoms with Gasteiger partial charge < -0.3 is 4.90 Å². The number of aromatic nitrogens is 1. The van der Waals surface area contributed by atoms with Crippen LogP contribution in [0.4, 0.5) is 9.52 Å². The normalized spacial score (nSPS) is 16.1. The Morgan fingerprint density at radius 3 is 2.44 bits per heavy atom. The SMILES string of the molecule is CCc1cccc2sc(N3CCN(S(=O)(=O)c4ccc(F)cc4)CC3)nc12. The third-order valence-corrected chi connectivity index (χ3v) is 7.83. The zero-order valence-electron chi connectivity index (χ0n) is 14.9. The molecule has 3 aromatic rings. The van der Waals surface area contributed by atoms with Gasteiger partial charge in [0.1, 0.15) is 5.82 Å². The van der Waals surface area contributed by atoms with E-state index in [0.29, 0.717) is 26.2 Å². The summed E-state index contributed by atoms with van der Waals surface area (Å²) in [6.45, 7) is 4.06. The zero-order chi connectivity index (χ0) is 19.0. The summed E-state index contributed by atoms with van der Waals surface area (Å²) in [5.74, 6) is -0.443. The molecule has 142 valence electrons. The van der Waals surface area contributed by atoms with Crippen LogP contribution in [-0.4, -0.2) is 43.9 Å². The van der Waals surface area contributed by atoms with E-state index in [-0.39, 0.29) is 4.90 Å². The number of benzene rings is 2. The van der Waals surface area contributed by atoms with Crippen LogP contribution in [0.25, 0.3) is 10.2 Å². The number of sulfonamides is 1. The Morgan fingerprint density at radius 1 is 1.07 bits per heavy atom. The van der Waals surface area contributed by atoms with Gasteiger partial charge in [-0.05, 0) is 42.3 Å². The summed E-state index contributed by atoms with van der Waals surface area (Å²) in [6, 6.07) is 11.2. The Hall–Kier alpha value is -2.03. The first kappa shape index (κ1) is 18.3. The summed E-state index contributed by atoms with van der Waals surface area (Å²) in [6.07, 6.45) is 0.935. The summed E-state index contributed by atoms with van der Waals surface area (Å²) < 4.78 is 41.2. The second-order valence-electron chi connectivity index (χ2n) is 6.46. The van der Waals surface area contributed by atoms with Crippen LogP contribution in [0.2, 0.25) is 0 Å². The van der Waals surface area contributed by atoms with Gasteiger partial charge in [0.05, 0.1) is 15.1 Å². The lowest BCUT2D eigenvalue weighted by Gasteiger charge is -2.33. The van der Waals surface area contributed by atoms with E-state index in [2.05, 4.69) is 30.0 Å². The van der Waals surface area contributed by atoms with Gasteiger partial charge in [-0.2, -0.15) is 4.31 Å². The zero-order valence-corrected chi connectivity index (χ0v) is 16.6. The molecule has 0 N–H and O–H groups in total. The van der Waals surface area contributed by atoms with E-state index in [4.69, 9.17) is 4.98 Å². The minimum Gasteiger partial charge on any atom is -0.345 e. The average molecular weight is 406 g/mol. The number of aryl methyl sites for hydroxylation is 1. The van der Waals surface area contributed by atoms with Crippen molar-refractivity contribution in [3.63, 3.8) is 0 Å². The first-order valence-electron chi connectivity index (χ1n) is 8.88. The Labute approximate surface area is 162 Å². The number of anilines is 1. The van der Waals surface area contributed by atoms with Crippen molar-refractivity contribution >= 4 is 36.7 Å². The molecule has 0 atom stereocenters. The number of thiazole rings is 1. The molecule has 1 aliphatic heterocycles. The van der Waals surface area contributed by atoms with Crippen molar-refractivity contribution in [2.24, 2.45) is 0 Å². The van der Waals surface area contributed by atoms with Crippen LogP contribution in [0.3, 0.4) is 0 Å². The second kappa shape index (κ2) is 7.18. The van der Waals surface area contributed by atoms with E-state index in [1.807, 2.05) is 0 Å². The highest BCUT2D eigenvalue weighted by Gasteiger charge is 2.29. The predicted octanol–water partition coefficient (Wildman–Crippen LogP) is 3.51. The quantitative estimate of drug-likeness (QED) is 0.667. The fourth-order valence-corrected chi connectivity index (χ4v) is 5.78. The Morgan fingerprint density at radius 2 is 1.78 bits per heavy atom. The van der Waals surface area contributed by atoms with Gasteiger partial charge in [0.25, 0.3) is 0 Å². The summed E-state index contributed by atoms with van der Waals surface area (Å²) in [4.78, 5) is 7.07. The first-order chi connectivity index (χ1) is 13.0. The minimum absolute atomic E-state index is 0.130. The van der Waals surface area contributed by atoms with E-state index in [1.165, 1.54) is 34.1 Å². The molecular weight excluding hydrogens is 385 g/mol. The van der Waals surface area contributed by atoms with E-state index < -0.39 is 15.8 Å². The molecule has 0 bridgehead atoms. The third-order valence-electron chi connectivity index (χ3n) is 4.83. The van der Waals surface area contributed by atoms with Crippen LogP contribution in [0.5, 0.6) is 0 Å². The first-order valence-corrected chi connectivity index (χ1v) is 11.1. The van der Waals surface area contributed by atoms with Crippen molar-refractivity contribution in [1.29, 1.82) is 0 Å². The highest BCUT2D eigenvalue weighted by Crippen LogP contribution is 2.32. The maximum absolute atomic E-state index is 13.1. The predicted molar refractivity (Wildman–Crippen MR) is 106 cm³/mol. The molecule has 5 nitrogen and oxygen atoms in total. The smallest absolute Gasteiger partial charge is 0.243 e. The van der Waals surface area contributed by atoms with Gasteiger partial charge in [0, 0.05) is 26.2 Å². The Balaban J connectivity index is 1.51. The molecule has 8 heteroatoms. The molecule has 0 spiro atoms. The van der Waals surface area contributed by atoms with Crippen LogP contribution in [-0.2, 0) is 16.4 Å². The molecule has 0 unspecified atom stereocenters. The third kappa shape index (κ3) is 3.44. The van der Waals surface area contributed by atoms with Gasteiger partial charge in [-0.3, -0.25) is 0 Å². The summed E-state index contributed by atoms with van der Waals surface area (Å²) in [7, 11) is -3.60. The molecular formula is C19H20FN3O2S2. The van der Waals surface area contributed by atoms with Crippen molar-refractivity contribution < 1.29 is 12.8 Å². The van der Waals surface area contributed by atoms with Gasteiger partial charge in [0.2, 0.25) is 10.0 Å². The standard InChI is InChI=1S/C19H20FN3O2S2/c1-2-14-4-3-5-17-18(14)21-19(26-17)22-10-12-23(13-11-22)27(24,25)16-8-6-15(20)7-9-16/h3-9H,2,10-13H2,1H3. The fourth-order valence-electron chi connectivity index (χ4n) is 3.29. The molecule has 27 heavy (non-hydrogen) atoms. The van der Waals surface area contributed by atoms with E-state index >= 15 is 0 Å². The van der Waals surface area contributed by atoms with E-state index in [1.54, 1.807) is 11.3 Å². The maximum Gasteiger partial charge on any atom is 0.243 e. The average Bonchev–Trinajstić information content (AvgIpc) is 3.13. The molecule has 2 aromatic carbocycles. The van der Waals surface area contributed by atoms with Crippen molar-refractivity contribution in [3.8, 4) is 0 Å². The van der Waals surface area contributed by atoms with Gasteiger partial charge in [-0.25, -0.2) is 17.8 Å². The van der Waals surface area contributed by atoms with Crippen molar-refractivity contribution in [3.05, 3.63) is 53.8 Å². The molecule has 1 aromatic heterocycles. The van der Waals surface area contributed by atoms with Gasteiger partial charge >= 0.3 is 0 Å². The number of hydrogen-bond donors (Lipinski definition) is 0. The van der Waals surface area contributed by atoms with Crippen molar-refractivity contribution in [1.82, 2.24) is 9.29 Å². The molecule has 0 amide bonds.